The van der Waals surface area contributed by atoms with Crippen molar-refractivity contribution in [2.24, 2.45) is 0 Å². The normalized spacial score (nSPS) is 11.9. The Morgan fingerprint density at radius 2 is 1.50 bits per heavy atom. The van der Waals surface area contributed by atoms with E-state index in [-0.39, 0.29) is 5.41 Å². The van der Waals surface area contributed by atoms with Crippen LogP contribution in [-0.4, -0.2) is 16.0 Å². The summed E-state index contributed by atoms with van der Waals surface area (Å²) in [5, 5.41) is 0. The maximum absolute atomic E-state index is 3.23. The van der Waals surface area contributed by atoms with Crippen LogP contribution in [-0.2, 0) is 5.41 Å². The van der Waals surface area contributed by atoms with E-state index in [9.17, 15) is 0 Å². The molecule has 0 fully saturated rings. The fourth-order valence-corrected chi connectivity index (χ4v) is 3.30. The quantitative estimate of drug-likeness (QED) is 0.624. The van der Waals surface area contributed by atoms with Gasteiger partial charge in [0.25, 0.3) is 0 Å². The first-order valence-electron chi connectivity index (χ1n) is 5.03. The first kappa shape index (κ1) is 11.8. The third-order valence-corrected chi connectivity index (χ3v) is 3.81. The summed E-state index contributed by atoms with van der Waals surface area (Å²) >= 11 is 3.23. The van der Waals surface area contributed by atoms with Crippen LogP contribution in [0.2, 0.25) is 0 Å². The van der Waals surface area contributed by atoms with Crippen molar-refractivity contribution in [3.63, 3.8) is 0 Å². The maximum atomic E-state index is 3.23. The van der Waals surface area contributed by atoms with E-state index in [0.29, 0.717) is 0 Å². The van der Waals surface area contributed by atoms with Crippen molar-refractivity contribution in [2.45, 2.75) is 47.0 Å². The fourth-order valence-electron chi connectivity index (χ4n) is 1.98. The van der Waals surface area contributed by atoms with Gasteiger partial charge in [-0.15, -0.1) is 0 Å². The van der Waals surface area contributed by atoms with Crippen molar-refractivity contribution >= 4 is 20.5 Å². The molecule has 1 heteroatoms. The standard InChI is InChI=1S/C13H19Se/c1-8-7-9(2)11(13(4,5)6)12(14)10(8)3/h7H,1-6H3. The molecule has 0 saturated heterocycles. The summed E-state index contributed by atoms with van der Waals surface area (Å²) < 4.78 is 1.34. The van der Waals surface area contributed by atoms with E-state index in [1.54, 1.807) is 0 Å². The van der Waals surface area contributed by atoms with Gasteiger partial charge < -0.3 is 0 Å². The van der Waals surface area contributed by atoms with E-state index in [2.05, 4.69) is 63.6 Å². The summed E-state index contributed by atoms with van der Waals surface area (Å²) in [7, 11) is 0. The molecule has 0 saturated carbocycles. The topological polar surface area (TPSA) is 0 Å². The van der Waals surface area contributed by atoms with Crippen molar-refractivity contribution in [1.29, 1.82) is 0 Å². The summed E-state index contributed by atoms with van der Waals surface area (Å²) in [5.74, 6) is 0. The number of aryl methyl sites for hydroxylation is 2. The van der Waals surface area contributed by atoms with Crippen LogP contribution in [0.1, 0.15) is 43.0 Å². The van der Waals surface area contributed by atoms with Crippen LogP contribution < -0.4 is 4.46 Å². The molecule has 0 aromatic heterocycles. The Morgan fingerprint density at radius 3 is 1.93 bits per heavy atom. The second-order valence-corrected chi connectivity index (χ2v) is 5.95. The van der Waals surface area contributed by atoms with E-state index in [1.165, 1.54) is 26.7 Å². The molecule has 0 N–H and O–H groups in total. The number of hydrogen-bond acceptors (Lipinski definition) is 0. The van der Waals surface area contributed by atoms with Crippen molar-refractivity contribution in [1.82, 2.24) is 0 Å². The molecule has 0 unspecified atom stereocenters. The van der Waals surface area contributed by atoms with E-state index < -0.39 is 0 Å². The Balaban J connectivity index is 3.53. The van der Waals surface area contributed by atoms with E-state index in [4.69, 9.17) is 0 Å². The van der Waals surface area contributed by atoms with Gasteiger partial charge in [-0.3, -0.25) is 0 Å². The van der Waals surface area contributed by atoms with Gasteiger partial charge in [0, 0.05) is 0 Å². The first-order valence-corrected chi connectivity index (χ1v) is 5.89. The van der Waals surface area contributed by atoms with Gasteiger partial charge in [-0.2, -0.15) is 0 Å². The zero-order chi connectivity index (χ0) is 11.1. The SMILES string of the molecule is Cc1cc(C)c(C(C)(C)C)c([Se])c1C. The van der Waals surface area contributed by atoms with Gasteiger partial charge in [0.1, 0.15) is 0 Å². The molecule has 1 rings (SSSR count). The predicted octanol–water partition coefficient (Wildman–Crippen LogP) is 2.70. The van der Waals surface area contributed by atoms with Gasteiger partial charge in [0.2, 0.25) is 0 Å². The van der Waals surface area contributed by atoms with E-state index >= 15 is 0 Å². The van der Waals surface area contributed by atoms with Crippen molar-refractivity contribution in [2.75, 3.05) is 0 Å². The van der Waals surface area contributed by atoms with E-state index in [1.807, 2.05) is 0 Å². The minimum atomic E-state index is 0.225. The van der Waals surface area contributed by atoms with Gasteiger partial charge in [0.05, 0.1) is 0 Å². The Kier molecular flexibility index (Phi) is 3.13. The zero-order valence-electron chi connectivity index (χ0n) is 9.99. The van der Waals surface area contributed by atoms with Gasteiger partial charge in [-0.25, -0.2) is 0 Å². The molecule has 1 aromatic carbocycles. The molecule has 0 aliphatic heterocycles. The molecule has 77 valence electrons. The van der Waals surface area contributed by atoms with Crippen molar-refractivity contribution in [3.05, 3.63) is 28.3 Å². The second-order valence-electron chi connectivity index (χ2n) is 5.09. The summed E-state index contributed by atoms with van der Waals surface area (Å²) in [4.78, 5) is 0. The molecule has 0 bridgehead atoms. The minimum absolute atomic E-state index is 0.225. The van der Waals surface area contributed by atoms with Crippen LogP contribution in [0.15, 0.2) is 6.07 Å². The Morgan fingerprint density at radius 1 is 1.00 bits per heavy atom. The number of rotatable bonds is 0. The molecule has 0 aliphatic carbocycles. The molecule has 0 spiro atoms. The van der Waals surface area contributed by atoms with Crippen LogP contribution in [0.25, 0.3) is 0 Å². The van der Waals surface area contributed by atoms with Gasteiger partial charge >= 0.3 is 95.8 Å². The number of benzene rings is 1. The van der Waals surface area contributed by atoms with Crippen LogP contribution in [0, 0.1) is 20.8 Å². The molecular formula is C13H19Se. The number of hydrogen-bond donors (Lipinski definition) is 0. The molecule has 0 heterocycles. The van der Waals surface area contributed by atoms with Crippen LogP contribution in [0.4, 0.5) is 0 Å². The Hall–Kier alpha value is -0.261. The second kappa shape index (κ2) is 3.71. The van der Waals surface area contributed by atoms with E-state index in [0.717, 1.165) is 0 Å². The first-order chi connectivity index (χ1) is 6.25. The van der Waals surface area contributed by atoms with Crippen molar-refractivity contribution < 1.29 is 0 Å². The van der Waals surface area contributed by atoms with Crippen LogP contribution >= 0.6 is 0 Å². The molecule has 0 aliphatic rings. The molecule has 0 amide bonds. The summed E-state index contributed by atoms with van der Waals surface area (Å²) in [6, 6.07) is 2.29. The Labute approximate surface area is 95.9 Å². The van der Waals surface area contributed by atoms with Gasteiger partial charge in [-0.1, -0.05) is 0 Å². The molecule has 0 nitrogen and oxygen atoms in total. The summed E-state index contributed by atoms with van der Waals surface area (Å²) in [6.07, 6.45) is 0. The predicted molar refractivity (Wildman–Crippen MR) is 64.7 cm³/mol. The molecular weight excluding hydrogens is 235 g/mol. The summed E-state index contributed by atoms with van der Waals surface area (Å²) in [6.45, 7) is 13.4. The zero-order valence-corrected chi connectivity index (χ0v) is 11.7. The third-order valence-electron chi connectivity index (χ3n) is 2.74. The average molecular weight is 254 g/mol. The average Bonchev–Trinajstić information content (AvgIpc) is 1.97. The van der Waals surface area contributed by atoms with Crippen molar-refractivity contribution in [3.8, 4) is 0 Å². The molecule has 14 heavy (non-hydrogen) atoms. The molecule has 1 aromatic rings. The van der Waals surface area contributed by atoms with Crippen LogP contribution in [0.5, 0.6) is 0 Å². The summed E-state index contributed by atoms with van der Waals surface area (Å²) in [5.41, 5.74) is 5.85. The van der Waals surface area contributed by atoms with Gasteiger partial charge in [-0.05, 0) is 0 Å². The molecule has 1 radical (unpaired) electrons. The Bertz CT molecular complexity index is 356. The fraction of sp³-hybridized carbons (Fsp3) is 0.538. The monoisotopic (exact) mass is 255 g/mol. The molecule has 0 atom stereocenters. The van der Waals surface area contributed by atoms with Gasteiger partial charge in [0.15, 0.2) is 0 Å². The van der Waals surface area contributed by atoms with Crippen LogP contribution in [0.3, 0.4) is 0 Å². The third kappa shape index (κ3) is 2.04.